The van der Waals surface area contributed by atoms with E-state index in [0.717, 1.165) is 75.6 Å². The van der Waals surface area contributed by atoms with Crippen molar-refractivity contribution in [3.8, 4) is 5.75 Å². The van der Waals surface area contributed by atoms with E-state index in [4.69, 9.17) is 14.2 Å². The van der Waals surface area contributed by atoms with E-state index in [1.54, 1.807) is 7.11 Å². The molecule has 11 heteroatoms. The summed E-state index contributed by atoms with van der Waals surface area (Å²) >= 11 is 0. The van der Waals surface area contributed by atoms with Gasteiger partial charge in [-0.15, -0.1) is 0 Å². The van der Waals surface area contributed by atoms with Gasteiger partial charge in [-0.1, -0.05) is 37.3 Å². The summed E-state index contributed by atoms with van der Waals surface area (Å²) in [5.74, 6) is -0.745. The van der Waals surface area contributed by atoms with Crippen LogP contribution in [-0.4, -0.2) is 123 Å². The second-order valence-corrected chi connectivity index (χ2v) is 14.5. The second kappa shape index (κ2) is 13.0. The first-order valence-electron chi connectivity index (χ1n) is 17.6. The van der Waals surface area contributed by atoms with E-state index in [-0.39, 0.29) is 18.3 Å². The van der Waals surface area contributed by atoms with Crippen LogP contribution in [0.1, 0.15) is 43.7 Å². The van der Waals surface area contributed by atoms with E-state index in [9.17, 15) is 19.1 Å². The fraction of sp³-hybridized carbons (Fsp3) is 0.579. The van der Waals surface area contributed by atoms with Gasteiger partial charge in [-0.3, -0.25) is 14.6 Å². The SMILES string of the molecule is CC[C@]12C=CCN3CC[C@@]4(c5ccc(OC)cc5N(C)[C@H]4[C@@](O)(C(=O)OC)[C@@H]1OC(=O)CCCN1CCN(Cc4ccc(F)cc4)CC1)[C@@H]32. The van der Waals surface area contributed by atoms with Crippen molar-refractivity contribution >= 4 is 17.6 Å². The zero-order chi connectivity index (χ0) is 34.6. The normalized spacial score (nSPS) is 32.4. The van der Waals surface area contributed by atoms with Crippen molar-refractivity contribution < 1.29 is 33.3 Å². The van der Waals surface area contributed by atoms with Crippen LogP contribution < -0.4 is 9.64 Å². The topological polar surface area (TPSA) is 95.0 Å². The number of likely N-dealkylation sites (N-methyl/N-ethyl adjacent to an activating group) is 1. The van der Waals surface area contributed by atoms with Crippen molar-refractivity contribution in [3.63, 3.8) is 0 Å². The lowest BCUT2D eigenvalue weighted by Crippen LogP contribution is -2.81. The van der Waals surface area contributed by atoms with E-state index in [1.807, 2.05) is 36.2 Å². The standard InChI is InChI=1S/C38H49FN4O6/c1-5-36-15-7-18-43-19-16-37(32(36)43)29-14-13-28(47-3)24-30(29)40(2)33(37)38(46,35(45)48-4)34(36)49-31(44)8-6-17-41-20-22-42(23-21-41)25-26-9-11-27(39)12-10-26/h7,9-15,24,32-34,46H,5-6,8,16-23,25H2,1-4H3/t32-,33+,34+,36+,37+,38-/m0/s1. The smallest absolute Gasteiger partial charge is 0.344 e. The first kappa shape index (κ1) is 34.0. The molecule has 2 aromatic carbocycles. The summed E-state index contributed by atoms with van der Waals surface area (Å²) in [7, 11) is 4.83. The molecule has 1 spiro atoms. The highest BCUT2D eigenvalue weighted by molar-refractivity contribution is 5.87. The van der Waals surface area contributed by atoms with Crippen molar-refractivity contribution in [2.45, 2.75) is 68.4 Å². The summed E-state index contributed by atoms with van der Waals surface area (Å²) in [6.07, 6.45) is 5.13. The maximum Gasteiger partial charge on any atom is 0.344 e. The molecule has 2 saturated heterocycles. The van der Waals surface area contributed by atoms with E-state index in [1.165, 1.54) is 19.2 Å². The number of benzene rings is 2. The van der Waals surface area contributed by atoms with Gasteiger partial charge in [-0.05, 0) is 61.7 Å². The van der Waals surface area contributed by atoms with Crippen LogP contribution in [0.3, 0.4) is 0 Å². The molecular weight excluding hydrogens is 627 g/mol. The Bertz CT molecular complexity index is 1600. The number of aliphatic hydroxyl groups is 1. The van der Waals surface area contributed by atoms with Gasteiger partial charge >= 0.3 is 11.9 Å². The van der Waals surface area contributed by atoms with Gasteiger partial charge in [0.1, 0.15) is 11.6 Å². The summed E-state index contributed by atoms with van der Waals surface area (Å²) in [5, 5.41) is 13.0. The van der Waals surface area contributed by atoms with Crippen molar-refractivity contribution in [2.75, 3.05) is 72.0 Å². The molecule has 6 atom stereocenters. The molecule has 0 radical (unpaired) electrons. The lowest BCUT2D eigenvalue weighted by Gasteiger charge is -2.63. The van der Waals surface area contributed by atoms with Gasteiger partial charge in [0.25, 0.3) is 0 Å². The summed E-state index contributed by atoms with van der Waals surface area (Å²) in [5.41, 5.74) is -0.509. The molecule has 1 N–H and O–H groups in total. The average Bonchev–Trinajstić information content (AvgIpc) is 3.63. The molecule has 5 aliphatic rings. The Kier molecular flexibility index (Phi) is 9.00. The number of ether oxygens (including phenoxy) is 3. The monoisotopic (exact) mass is 676 g/mol. The first-order chi connectivity index (χ1) is 23.6. The van der Waals surface area contributed by atoms with Crippen molar-refractivity contribution in [1.82, 2.24) is 14.7 Å². The number of anilines is 1. The molecule has 4 heterocycles. The molecule has 3 fully saturated rings. The van der Waals surface area contributed by atoms with Gasteiger partial charge in [0.2, 0.25) is 5.60 Å². The number of rotatable bonds is 10. The number of hydrogen-bond acceptors (Lipinski definition) is 10. The Morgan fingerprint density at radius 1 is 1.00 bits per heavy atom. The lowest BCUT2D eigenvalue weighted by molar-refractivity contribution is -0.229. The highest BCUT2D eigenvalue weighted by Gasteiger charge is 2.80. The van der Waals surface area contributed by atoms with Crippen LogP contribution in [0.5, 0.6) is 5.75 Å². The molecule has 7 rings (SSSR count). The van der Waals surface area contributed by atoms with Crippen molar-refractivity contribution in [1.29, 1.82) is 0 Å². The number of methoxy groups -OCH3 is 2. The van der Waals surface area contributed by atoms with E-state index < -0.39 is 40.5 Å². The molecular formula is C38H49FN4O6. The highest BCUT2D eigenvalue weighted by Crippen LogP contribution is 2.67. The van der Waals surface area contributed by atoms with Gasteiger partial charge in [-0.25, -0.2) is 9.18 Å². The van der Waals surface area contributed by atoms with Gasteiger partial charge in [0, 0.05) is 81.4 Å². The largest absolute Gasteiger partial charge is 0.497 e. The molecule has 1 saturated carbocycles. The zero-order valence-electron chi connectivity index (χ0n) is 29.1. The molecule has 1 aliphatic carbocycles. The Labute approximate surface area is 288 Å². The number of nitrogens with zero attached hydrogens (tertiary/aromatic N) is 4. The fourth-order valence-corrected chi connectivity index (χ4v) is 10.2. The minimum atomic E-state index is -2.14. The number of esters is 2. The first-order valence-corrected chi connectivity index (χ1v) is 17.6. The van der Waals surface area contributed by atoms with Crippen LogP contribution in [0.25, 0.3) is 0 Å². The van der Waals surface area contributed by atoms with Crippen molar-refractivity contribution in [3.05, 3.63) is 71.6 Å². The molecule has 0 aromatic heterocycles. The third-order valence-corrected chi connectivity index (χ3v) is 12.2. The minimum absolute atomic E-state index is 0.106. The van der Waals surface area contributed by atoms with Gasteiger partial charge in [-0.2, -0.15) is 0 Å². The Balaban J connectivity index is 1.11. The average molecular weight is 677 g/mol. The number of carbonyl (C=O) groups excluding carboxylic acids is 2. The molecule has 49 heavy (non-hydrogen) atoms. The highest BCUT2D eigenvalue weighted by atomic mass is 19.1. The molecule has 264 valence electrons. The molecule has 10 nitrogen and oxygen atoms in total. The van der Waals surface area contributed by atoms with E-state index >= 15 is 0 Å². The molecule has 0 bridgehead atoms. The summed E-state index contributed by atoms with van der Waals surface area (Å²) in [6, 6.07) is 11.8. The third kappa shape index (κ3) is 5.27. The van der Waals surface area contributed by atoms with Gasteiger partial charge in [0.15, 0.2) is 6.10 Å². The number of fused-ring (bicyclic) bond motifs is 1. The molecule has 0 unspecified atom stereocenters. The summed E-state index contributed by atoms with van der Waals surface area (Å²) < 4.78 is 30.7. The molecule has 0 amide bonds. The van der Waals surface area contributed by atoms with Gasteiger partial charge in [0.05, 0.1) is 20.3 Å². The summed E-state index contributed by atoms with van der Waals surface area (Å²) in [6.45, 7) is 8.68. The summed E-state index contributed by atoms with van der Waals surface area (Å²) in [4.78, 5) is 37.0. The van der Waals surface area contributed by atoms with Crippen LogP contribution in [0, 0.1) is 11.2 Å². The van der Waals surface area contributed by atoms with Crippen LogP contribution in [0.2, 0.25) is 0 Å². The predicted molar refractivity (Wildman–Crippen MR) is 183 cm³/mol. The molecule has 2 aromatic rings. The van der Waals surface area contributed by atoms with Crippen molar-refractivity contribution in [2.24, 2.45) is 5.41 Å². The third-order valence-electron chi connectivity index (χ3n) is 12.2. The fourth-order valence-electron chi connectivity index (χ4n) is 10.2. The van der Waals surface area contributed by atoms with Crippen LogP contribution in [0.4, 0.5) is 10.1 Å². The zero-order valence-corrected chi connectivity index (χ0v) is 29.1. The van der Waals surface area contributed by atoms with E-state index in [0.29, 0.717) is 18.6 Å². The number of halogens is 1. The second-order valence-electron chi connectivity index (χ2n) is 14.5. The number of hydrogen-bond donors (Lipinski definition) is 1. The predicted octanol–water partition coefficient (Wildman–Crippen LogP) is 3.36. The minimum Gasteiger partial charge on any atom is -0.497 e. The van der Waals surface area contributed by atoms with E-state index in [2.05, 4.69) is 39.8 Å². The lowest BCUT2D eigenvalue weighted by atomic mass is 9.47. The quantitative estimate of drug-likeness (QED) is 0.298. The van der Waals surface area contributed by atoms with Crippen LogP contribution in [-0.2, 0) is 31.0 Å². The Morgan fingerprint density at radius 3 is 2.43 bits per heavy atom. The number of carbonyl (C=O) groups is 2. The maximum absolute atomic E-state index is 14.0. The van der Waals surface area contributed by atoms with Crippen LogP contribution >= 0.6 is 0 Å². The maximum atomic E-state index is 14.0. The Hall–Kier alpha value is -3.51. The molecule has 4 aliphatic heterocycles. The number of piperazine rings is 1. The Morgan fingerprint density at radius 2 is 1.73 bits per heavy atom. The van der Waals surface area contributed by atoms with Gasteiger partial charge < -0.3 is 29.1 Å². The van der Waals surface area contributed by atoms with Crippen LogP contribution in [0.15, 0.2) is 54.6 Å².